The zero-order valence-electron chi connectivity index (χ0n) is 23.0. The Morgan fingerprint density at radius 1 is 0.825 bits per heavy atom. The molecule has 208 valence electrons. The lowest BCUT2D eigenvalue weighted by Crippen LogP contribution is -2.45. The summed E-state index contributed by atoms with van der Waals surface area (Å²) in [5, 5.41) is 20.9. The van der Waals surface area contributed by atoms with Gasteiger partial charge >= 0.3 is 0 Å². The fourth-order valence-electron chi connectivity index (χ4n) is 6.59. The van der Waals surface area contributed by atoms with E-state index >= 15 is 0 Å². The lowest BCUT2D eigenvalue weighted by atomic mass is 9.72. The number of hydrogen-bond donors (Lipinski definition) is 1. The number of para-hydroxylation sites is 2. The summed E-state index contributed by atoms with van der Waals surface area (Å²) in [6, 6.07) is 20.6. The van der Waals surface area contributed by atoms with Gasteiger partial charge in [0.05, 0.1) is 17.4 Å². The highest BCUT2D eigenvalue weighted by molar-refractivity contribution is 5.66. The van der Waals surface area contributed by atoms with Crippen molar-refractivity contribution in [2.75, 3.05) is 31.1 Å². The first-order valence-corrected chi connectivity index (χ1v) is 14.1. The molecule has 0 aliphatic carbocycles. The number of benzene rings is 3. The van der Waals surface area contributed by atoms with Crippen LogP contribution in [-0.4, -0.2) is 50.9 Å². The van der Waals surface area contributed by atoms with E-state index in [0.29, 0.717) is 11.1 Å². The van der Waals surface area contributed by atoms with E-state index in [-0.39, 0.29) is 23.6 Å². The number of aromatic nitrogens is 3. The third kappa shape index (κ3) is 4.69. The molecule has 0 saturated carbocycles. The Bertz CT molecular complexity index is 1420. The van der Waals surface area contributed by atoms with Crippen molar-refractivity contribution in [3.8, 4) is 5.69 Å². The number of halogens is 2. The number of anilines is 1. The van der Waals surface area contributed by atoms with Gasteiger partial charge in [0.2, 0.25) is 0 Å². The SMILES string of the molecule is Cc1nnc2n1-c1ccccc1N(CCCN1CCC(C(O)(c3ccc(F)cc3)c3ccc(F)cc3)CC1)C2C. The number of aryl methyl sites for hydroxylation is 1. The van der Waals surface area contributed by atoms with Crippen molar-refractivity contribution < 1.29 is 13.9 Å². The van der Waals surface area contributed by atoms with Gasteiger partial charge in [-0.15, -0.1) is 10.2 Å². The average molecular weight is 544 g/mol. The lowest BCUT2D eigenvalue weighted by molar-refractivity contribution is -0.0143. The number of fused-ring (bicyclic) bond motifs is 3. The second kappa shape index (κ2) is 10.7. The van der Waals surface area contributed by atoms with Gasteiger partial charge in [-0.2, -0.15) is 0 Å². The van der Waals surface area contributed by atoms with Gasteiger partial charge in [-0.3, -0.25) is 4.57 Å². The maximum Gasteiger partial charge on any atom is 0.160 e. The number of aliphatic hydroxyl groups is 1. The molecule has 6 rings (SSSR count). The highest BCUT2D eigenvalue weighted by Crippen LogP contribution is 2.42. The van der Waals surface area contributed by atoms with Gasteiger partial charge in [-0.1, -0.05) is 36.4 Å². The minimum atomic E-state index is -1.31. The Kier molecular flexibility index (Phi) is 7.15. The van der Waals surface area contributed by atoms with Gasteiger partial charge in [-0.25, -0.2) is 8.78 Å². The second-order valence-corrected chi connectivity index (χ2v) is 11.0. The summed E-state index contributed by atoms with van der Waals surface area (Å²) in [5.41, 5.74) is 2.29. The molecule has 0 amide bonds. The van der Waals surface area contributed by atoms with Crippen LogP contribution in [0.25, 0.3) is 5.69 Å². The molecule has 0 spiro atoms. The largest absolute Gasteiger partial charge is 0.380 e. The van der Waals surface area contributed by atoms with Gasteiger partial charge in [0.1, 0.15) is 23.1 Å². The van der Waals surface area contributed by atoms with Gasteiger partial charge in [0.25, 0.3) is 0 Å². The highest BCUT2D eigenvalue weighted by atomic mass is 19.1. The second-order valence-electron chi connectivity index (χ2n) is 11.0. The van der Waals surface area contributed by atoms with Crippen LogP contribution in [0.3, 0.4) is 0 Å². The molecule has 1 fully saturated rings. The zero-order valence-corrected chi connectivity index (χ0v) is 23.0. The average Bonchev–Trinajstić information content (AvgIpc) is 3.37. The van der Waals surface area contributed by atoms with Gasteiger partial charge in [-0.05, 0) is 106 Å². The summed E-state index contributed by atoms with van der Waals surface area (Å²) in [6.45, 7) is 7.75. The molecule has 0 bridgehead atoms. The van der Waals surface area contributed by atoms with E-state index in [9.17, 15) is 13.9 Å². The Morgan fingerprint density at radius 3 is 2.00 bits per heavy atom. The molecule has 2 aliphatic heterocycles. The molecule has 8 heteroatoms. The van der Waals surface area contributed by atoms with Crippen LogP contribution in [0.2, 0.25) is 0 Å². The standard InChI is InChI=1S/C32H35F2N5O/c1-22-31-36-35-23(2)39(31)30-7-4-3-6-29(30)38(22)19-5-18-37-20-16-26(17-21-37)32(40,24-8-12-27(33)13-9-24)25-10-14-28(34)15-11-25/h3-4,6-15,22,26,40H,5,16-21H2,1-2H3. The molecular formula is C32H35F2N5O. The predicted octanol–water partition coefficient (Wildman–Crippen LogP) is 5.77. The van der Waals surface area contributed by atoms with E-state index in [2.05, 4.69) is 55.8 Å². The van der Waals surface area contributed by atoms with E-state index in [4.69, 9.17) is 0 Å². The van der Waals surface area contributed by atoms with Crippen LogP contribution >= 0.6 is 0 Å². The summed E-state index contributed by atoms with van der Waals surface area (Å²) in [6.07, 6.45) is 2.57. The monoisotopic (exact) mass is 543 g/mol. The molecule has 3 heterocycles. The van der Waals surface area contributed by atoms with Crippen molar-refractivity contribution in [2.45, 2.75) is 44.8 Å². The molecule has 6 nitrogen and oxygen atoms in total. The highest BCUT2D eigenvalue weighted by Gasteiger charge is 2.41. The van der Waals surface area contributed by atoms with Crippen molar-refractivity contribution in [2.24, 2.45) is 5.92 Å². The first kappa shape index (κ1) is 26.6. The van der Waals surface area contributed by atoms with Crippen LogP contribution in [0.15, 0.2) is 72.8 Å². The maximum absolute atomic E-state index is 13.7. The van der Waals surface area contributed by atoms with Crippen molar-refractivity contribution >= 4 is 5.69 Å². The summed E-state index contributed by atoms with van der Waals surface area (Å²) in [4.78, 5) is 4.88. The van der Waals surface area contributed by atoms with Crippen LogP contribution in [-0.2, 0) is 5.60 Å². The molecule has 1 unspecified atom stereocenters. The molecule has 40 heavy (non-hydrogen) atoms. The molecule has 4 aromatic rings. The molecule has 1 aromatic heterocycles. The van der Waals surface area contributed by atoms with Crippen molar-refractivity contribution in [3.05, 3.63) is 107 Å². The molecule has 1 atom stereocenters. The quantitative estimate of drug-likeness (QED) is 0.321. The van der Waals surface area contributed by atoms with Crippen molar-refractivity contribution in [3.63, 3.8) is 0 Å². The fraction of sp³-hybridized carbons (Fsp3) is 0.375. The third-order valence-corrected chi connectivity index (χ3v) is 8.74. The van der Waals surface area contributed by atoms with Crippen LogP contribution in [0.5, 0.6) is 0 Å². The molecule has 0 radical (unpaired) electrons. The summed E-state index contributed by atoms with van der Waals surface area (Å²) >= 11 is 0. The fourth-order valence-corrected chi connectivity index (χ4v) is 6.59. The van der Waals surface area contributed by atoms with Crippen LogP contribution in [0, 0.1) is 24.5 Å². The van der Waals surface area contributed by atoms with E-state index in [1.165, 1.54) is 30.0 Å². The van der Waals surface area contributed by atoms with Crippen LogP contribution in [0.4, 0.5) is 14.5 Å². The molecule has 1 N–H and O–H groups in total. The minimum Gasteiger partial charge on any atom is -0.380 e. The van der Waals surface area contributed by atoms with Gasteiger partial charge in [0.15, 0.2) is 5.82 Å². The number of likely N-dealkylation sites (tertiary alicyclic amines) is 1. The topological polar surface area (TPSA) is 57.4 Å². The summed E-state index contributed by atoms with van der Waals surface area (Å²) in [7, 11) is 0. The number of piperidine rings is 1. The normalized spacial score (nSPS) is 18.0. The first-order chi connectivity index (χ1) is 19.4. The summed E-state index contributed by atoms with van der Waals surface area (Å²) in [5.74, 6) is 1.11. The van der Waals surface area contributed by atoms with Crippen LogP contribution < -0.4 is 4.90 Å². The lowest BCUT2D eigenvalue weighted by Gasteiger charge is -2.42. The number of hydrogen-bond acceptors (Lipinski definition) is 5. The molecule has 1 saturated heterocycles. The zero-order chi connectivity index (χ0) is 27.9. The minimum absolute atomic E-state index is 0.0664. The van der Waals surface area contributed by atoms with Crippen LogP contribution in [0.1, 0.15) is 55.0 Å². The summed E-state index contributed by atoms with van der Waals surface area (Å²) < 4.78 is 29.6. The van der Waals surface area contributed by atoms with E-state index in [1.807, 2.05) is 6.92 Å². The van der Waals surface area contributed by atoms with E-state index in [0.717, 1.165) is 62.8 Å². The Balaban J connectivity index is 1.12. The van der Waals surface area contributed by atoms with Crippen molar-refractivity contribution in [1.82, 2.24) is 19.7 Å². The maximum atomic E-state index is 13.7. The van der Waals surface area contributed by atoms with E-state index in [1.54, 1.807) is 24.3 Å². The Hall–Kier alpha value is -3.62. The molecule has 2 aliphatic rings. The third-order valence-electron chi connectivity index (χ3n) is 8.74. The Morgan fingerprint density at radius 2 is 1.40 bits per heavy atom. The smallest absolute Gasteiger partial charge is 0.160 e. The Labute approximate surface area is 233 Å². The molecule has 3 aromatic carbocycles. The first-order valence-electron chi connectivity index (χ1n) is 14.1. The molecular weight excluding hydrogens is 508 g/mol. The van der Waals surface area contributed by atoms with Gasteiger partial charge < -0.3 is 14.9 Å². The predicted molar refractivity (Wildman–Crippen MR) is 151 cm³/mol. The van der Waals surface area contributed by atoms with Gasteiger partial charge in [0, 0.05) is 6.54 Å². The van der Waals surface area contributed by atoms with Crippen molar-refractivity contribution in [1.29, 1.82) is 0 Å². The number of nitrogens with zero attached hydrogens (tertiary/aromatic N) is 5. The number of rotatable bonds is 7. The van der Waals surface area contributed by atoms with E-state index < -0.39 is 5.60 Å².